The molecule has 0 aliphatic rings. The number of aromatic nitrogens is 1. The van der Waals surface area contributed by atoms with Crippen molar-refractivity contribution in [2.75, 3.05) is 0 Å². The molecule has 0 amide bonds. The summed E-state index contributed by atoms with van der Waals surface area (Å²) in [6.07, 6.45) is 0. The molecule has 1 aromatic heterocycles. The zero-order valence-corrected chi connectivity index (χ0v) is 15.1. The molecular formula is C19H16ClNO3S. The summed E-state index contributed by atoms with van der Waals surface area (Å²) in [5.41, 5.74) is 0.724. The highest BCUT2D eigenvalue weighted by Crippen LogP contribution is 2.29. The Balaban J connectivity index is 1.65. The van der Waals surface area contributed by atoms with E-state index < -0.39 is 5.56 Å². The average Bonchev–Trinajstić information content (AvgIpc) is 2.60. The molecule has 0 spiro atoms. The van der Waals surface area contributed by atoms with Gasteiger partial charge in [0, 0.05) is 20.9 Å². The van der Waals surface area contributed by atoms with Crippen LogP contribution in [0.1, 0.15) is 11.3 Å². The van der Waals surface area contributed by atoms with Crippen LogP contribution >= 0.6 is 23.4 Å². The number of aryl methyl sites for hydroxylation is 1. The lowest BCUT2D eigenvalue weighted by Gasteiger charge is -2.10. The summed E-state index contributed by atoms with van der Waals surface area (Å²) in [5.74, 6) is 0.661. The minimum Gasteiger partial charge on any atom is -0.487 e. The van der Waals surface area contributed by atoms with Gasteiger partial charge in [0.25, 0.3) is 5.56 Å². The van der Waals surface area contributed by atoms with Crippen molar-refractivity contribution in [2.24, 2.45) is 0 Å². The van der Waals surface area contributed by atoms with Crippen LogP contribution in [0, 0.1) is 6.92 Å². The fourth-order valence-electron chi connectivity index (χ4n) is 2.27. The Bertz CT molecular complexity index is 921. The predicted octanol–water partition coefficient (Wildman–Crippen LogP) is 4.78. The Hall–Kier alpha value is -2.37. The Kier molecular flexibility index (Phi) is 5.36. The second-order valence-corrected chi connectivity index (χ2v) is 7.07. The van der Waals surface area contributed by atoms with Crippen molar-refractivity contribution in [3.05, 3.63) is 87.3 Å². The molecule has 0 fully saturated rings. The number of rotatable bonds is 5. The van der Waals surface area contributed by atoms with Gasteiger partial charge in [0.05, 0.1) is 5.69 Å². The monoisotopic (exact) mass is 373 g/mol. The predicted molar refractivity (Wildman–Crippen MR) is 99.0 cm³/mol. The van der Waals surface area contributed by atoms with E-state index in [0.717, 1.165) is 15.4 Å². The first-order valence-electron chi connectivity index (χ1n) is 7.59. The van der Waals surface area contributed by atoms with Crippen LogP contribution in [-0.2, 0) is 6.61 Å². The van der Waals surface area contributed by atoms with E-state index in [9.17, 15) is 10.0 Å². The summed E-state index contributed by atoms with van der Waals surface area (Å²) in [5, 5.41) is 10.5. The number of nitrogens with zero attached hydrogens (tertiary/aromatic N) is 1. The summed E-state index contributed by atoms with van der Waals surface area (Å²) >= 11 is 7.51. The van der Waals surface area contributed by atoms with E-state index in [4.69, 9.17) is 16.3 Å². The molecular weight excluding hydrogens is 358 g/mol. The van der Waals surface area contributed by atoms with Gasteiger partial charge in [-0.3, -0.25) is 4.79 Å². The summed E-state index contributed by atoms with van der Waals surface area (Å²) in [4.78, 5) is 13.7. The molecule has 25 heavy (non-hydrogen) atoms. The van der Waals surface area contributed by atoms with Crippen LogP contribution in [0.4, 0.5) is 0 Å². The van der Waals surface area contributed by atoms with Gasteiger partial charge in [-0.1, -0.05) is 23.4 Å². The van der Waals surface area contributed by atoms with Gasteiger partial charge in [-0.05, 0) is 67.1 Å². The van der Waals surface area contributed by atoms with Crippen LogP contribution in [0.3, 0.4) is 0 Å². The standard InChI is InChI=1S/C19H16ClNO3S/c1-13-10-15(21(23)19(22)11-13)12-24-16-4-8-18(9-5-16)25-17-6-2-14(20)3-7-17/h2-11,23H,12H2,1H3. The molecule has 0 radical (unpaired) electrons. The lowest BCUT2D eigenvalue weighted by atomic mass is 10.2. The quantitative estimate of drug-likeness (QED) is 0.654. The van der Waals surface area contributed by atoms with Crippen molar-refractivity contribution >= 4 is 23.4 Å². The number of halogens is 1. The van der Waals surface area contributed by atoms with Gasteiger partial charge in [-0.2, -0.15) is 0 Å². The molecule has 0 saturated heterocycles. The summed E-state index contributed by atoms with van der Waals surface area (Å²) < 4.78 is 6.27. The number of ether oxygens (including phenoxy) is 1. The highest BCUT2D eigenvalue weighted by molar-refractivity contribution is 7.99. The minimum atomic E-state index is -0.465. The van der Waals surface area contributed by atoms with E-state index in [1.165, 1.54) is 6.07 Å². The molecule has 1 heterocycles. The number of benzene rings is 2. The number of pyridine rings is 1. The van der Waals surface area contributed by atoms with Crippen molar-refractivity contribution < 1.29 is 9.94 Å². The zero-order chi connectivity index (χ0) is 17.8. The van der Waals surface area contributed by atoms with E-state index in [0.29, 0.717) is 21.2 Å². The second kappa shape index (κ2) is 7.68. The smallest absolute Gasteiger partial charge is 0.283 e. The fourth-order valence-corrected chi connectivity index (χ4v) is 3.21. The first-order chi connectivity index (χ1) is 12.0. The van der Waals surface area contributed by atoms with Crippen molar-refractivity contribution in [3.63, 3.8) is 0 Å². The molecule has 0 bridgehead atoms. The highest BCUT2D eigenvalue weighted by Gasteiger charge is 2.05. The molecule has 0 unspecified atom stereocenters. The molecule has 1 N–H and O–H groups in total. The molecule has 128 valence electrons. The van der Waals surface area contributed by atoms with E-state index in [1.807, 2.05) is 48.5 Å². The van der Waals surface area contributed by atoms with Crippen LogP contribution in [0.15, 0.2) is 75.2 Å². The maximum atomic E-state index is 11.6. The maximum absolute atomic E-state index is 11.6. The van der Waals surface area contributed by atoms with Gasteiger partial charge in [0.1, 0.15) is 12.4 Å². The Labute approximate surface area is 154 Å². The SMILES string of the molecule is Cc1cc(COc2ccc(Sc3ccc(Cl)cc3)cc2)n(O)c(=O)c1. The number of hydrogen-bond acceptors (Lipinski definition) is 4. The first-order valence-corrected chi connectivity index (χ1v) is 8.79. The van der Waals surface area contributed by atoms with Gasteiger partial charge in [-0.25, -0.2) is 0 Å². The average molecular weight is 374 g/mol. The maximum Gasteiger partial charge on any atom is 0.283 e. The van der Waals surface area contributed by atoms with E-state index >= 15 is 0 Å². The fraction of sp³-hybridized carbons (Fsp3) is 0.105. The van der Waals surface area contributed by atoms with Crippen LogP contribution in [0.25, 0.3) is 0 Å². The molecule has 6 heteroatoms. The van der Waals surface area contributed by atoms with Crippen molar-refractivity contribution in [3.8, 4) is 5.75 Å². The summed E-state index contributed by atoms with van der Waals surface area (Å²) in [6.45, 7) is 1.91. The zero-order valence-electron chi connectivity index (χ0n) is 13.5. The third-order valence-corrected chi connectivity index (χ3v) is 4.75. The lowest BCUT2D eigenvalue weighted by Crippen LogP contribution is -2.21. The molecule has 0 aliphatic carbocycles. The molecule has 4 nitrogen and oxygen atoms in total. The van der Waals surface area contributed by atoms with Crippen LogP contribution < -0.4 is 10.3 Å². The van der Waals surface area contributed by atoms with E-state index in [2.05, 4.69) is 0 Å². The normalized spacial score (nSPS) is 10.6. The van der Waals surface area contributed by atoms with Gasteiger partial charge in [0.2, 0.25) is 0 Å². The van der Waals surface area contributed by atoms with Crippen LogP contribution in [0.5, 0.6) is 5.75 Å². The van der Waals surface area contributed by atoms with Gasteiger partial charge in [-0.15, -0.1) is 4.73 Å². The minimum absolute atomic E-state index is 0.108. The van der Waals surface area contributed by atoms with Crippen LogP contribution in [0.2, 0.25) is 5.02 Å². The van der Waals surface area contributed by atoms with Gasteiger partial charge >= 0.3 is 0 Å². The topological polar surface area (TPSA) is 51.5 Å². The molecule has 0 aliphatic heterocycles. The van der Waals surface area contributed by atoms with E-state index in [-0.39, 0.29) is 6.61 Å². The van der Waals surface area contributed by atoms with Crippen LogP contribution in [-0.4, -0.2) is 9.94 Å². The molecule has 3 aromatic rings. The first kappa shape index (κ1) is 17.5. The summed E-state index contributed by atoms with van der Waals surface area (Å²) in [7, 11) is 0. The van der Waals surface area contributed by atoms with Crippen molar-refractivity contribution in [1.29, 1.82) is 0 Å². The Morgan fingerprint density at radius 1 is 1.04 bits per heavy atom. The highest BCUT2D eigenvalue weighted by atomic mass is 35.5. The summed E-state index contributed by atoms with van der Waals surface area (Å²) in [6, 6.07) is 18.4. The van der Waals surface area contributed by atoms with Gasteiger partial charge in [0.15, 0.2) is 0 Å². The van der Waals surface area contributed by atoms with Gasteiger partial charge < -0.3 is 9.94 Å². The number of hydrogen-bond donors (Lipinski definition) is 1. The molecule has 0 saturated carbocycles. The lowest BCUT2D eigenvalue weighted by molar-refractivity contribution is 0.147. The van der Waals surface area contributed by atoms with Crippen molar-refractivity contribution in [1.82, 2.24) is 4.73 Å². The third-order valence-electron chi connectivity index (χ3n) is 3.49. The molecule has 0 atom stereocenters. The van der Waals surface area contributed by atoms with E-state index in [1.54, 1.807) is 24.8 Å². The Morgan fingerprint density at radius 3 is 2.28 bits per heavy atom. The second-order valence-electron chi connectivity index (χ2n) is 5.49. The Morgan fingerprint density at radius 2 is 1.64 bits per heavy atom. The third kappa shape index (κ3) is 4.59. The van der Waals surface area contributed by atoms with Crippen molar-refractivity contribution in [2.45, 2.75) is 23.3 Å². The molecule has 3 rings (SSSR count). The molecule has 2 aromatic carbocycles. The largest absolute Gasteiger partial charge is 0.487 e.